The lowest BCUT2D eigenvalue weighted by Gasteiger charge is -2.11. The Kier molecular flexibility index (Phi) is 8.49. The number of hydrogen-bond donors (Lipinski definition) is 0. The Bertz CT molecular complexity index is 2350. The Balaban J connectivity index is 1.12. The summed E-state index contributed by atoms with van der Waals surface area (Å²) < 4.78 is 5.35. The molecule has 0 N–H and O–H groups in total. The Hall–Kier alpha value is -6.65. The average Bonchev–Trinajstić information content (AvgIpc) is 3.21. The van der Waals surface area contributed by atoms with Crippen LogP contribution in [0.25, 0.3) is 78.7 Å². The molecule has 0 amide bonds. The van der Waals surface area contributed by atoms with E-state index in [1.807, 2.05) is 72.8 Å². The van der Waals surface area contributed by atoms with Gasteiger partial charge in [-0.05, 0) is 80.9 Å². The molecule has 0 radical (unpaired) electrons. The summed E-state index contributed by atoms with van der Waals surface area (Å²) in [6.07, 6.45) is 0. The summed E-state index contributed by atoms with van der Waals surface area (Å²) in [7, 11) is 1.69. The molecule has 4 heteroatoms. The second-order valence-corrected chi connectivity index (χ2v) is 12.1. The van der Waals surface area contributed by atoms with Crippen molar-refractivity contribution in [1.82, 2.24) is 15.0 Å². The molecule has 0 saturated heterocycles. The standard InChI is InChI=1S/C46H33N3O/c1-50-43-26-24-32(25-27-43)35-16-8-17-36(28-35)37-18-9-19-38(29-37)39-20-10-21-40(30-39)41-22-11-23-42(31-41)46-48-44(33-12-4-2-5-13-33)47-45(49-46)34-14-6-3-7-15-34/h2-31H,1H3. The third-order valence-electron chi connectivity index (χ3n) is 8.83. The minimum Gasteiger partial charge on any atom is -0.497 e. The molecule has 0 unspecified atom stereocenters. The Labute approximate surface area is 292 Å². The van der Waals surface area contributed by atoms with Gasteiger partial charge in [-0.25, -0.2) is 15.0 Å². The van der Waals surface area contributed by atoms with Crippen molar-refractivity contribution in [3.05, 3.63) is 182 Å². The topological polar surface area (TPSA) is 47.9 Å². The minimum absolute atomic E-state index is 0.639. The highest BCUT2D eigenvalue weighted by Crippen LogP contribution is 2.33. The van der Waals surface area contributed by atoms with Crippen LogP contribution in [0.1, 0.15) is 0 Å². The van der Waals surface area contributed by atoms with Crippen LogP contribution in [0.15, 0.2) is 182 Å². The van der Waals surface area contributed by atoms with Gasteiger partial charge in [0, 0.05) is 16.7 Å². The van der Waals surface area contributed by atoms with E-state index in [9.17, 15) is 0 Å². The van der Waals surface area contributed by atoms with E-state index in [1.165, 1.54) is 16.7 Å². The number of benzene rings is 7. The SMILES string of the molecule is COc1ccc(-c2cccc(-c3cccc(-c4cccc(-c5cccc(-c6nc(-c7ccccc7)nc(-c7ccccc7)n6)c5)c4)c3)c2)cc1. The van der Waals surface area contributed by atoms with E-state index in [0.29, 0.717) is 17.5 Å². The van der Waals surface area contributed by atoms with Gasteiger partial charge in [-0.1, -0.05) is 146 Å². The minimum atomic E-state index is 0.639. The molecule has 0 fully saturated rings. The summed E-state index contributed by atoms with van der Waals surface area (Å²) >= 11 is 0. The summed E-state index contributed by atoms with van der Waals surface area (Å²) in [5.74, 6) is 2.79. The van der Waals surface area contributed by atoms with Crippen LogP contribution in [-0.4, -0.2) is 22.1 Å². The monoisotopic (exact) mass is 643 g/mol. The fraction of sp³-hybridized carbons (Fsp3) is 0.0217. The molecule has 0 spiro atoms. The smallest absolute Gasteiger partial charge is 0.164 e. The molecule has 0 aliphatic heterocycles. The third-order valence-corrected chi connectivity index (χ3v) is 8.83. The molecule has 8 aromatic rings. The Morgan fingerprint density at radius 2 is 0.580 bits per heavy atom. The van der Waals surface area contributed by atoms with Crippen LogP contribution < -0.4 is 4.74 Å². The van der Waals surface area contributed by atoms with Crippen LogP contribution in [0, 0.1) is 0 Å². The van der Waals surface area contributed by atoms with Crippen molar-refractivity contribution in [2.75, 3.05) is 7.11 Å². The highest BCUT2D eigenvalue weighted by Gasteiger charge is 2.13. The van der Waals surface area contributed by atoms with Crippen LogP contribution in [0.4, 0.5) is 0 Å². The summed E-state index contributed by atoms with van der Waals surface area (Å²) in [5, 5.41) is 0. The van der Waals surface area contributed by atoms with Gasteiger partial charge in [-0.2, -0.15) is 0 Å². The number of methoxy groups -OCH3 is 1. The summed E-state index contributed by atoms with van der Waals surface area (Å²) in [4.78, 5) is 14.7. The average molecular weight is 644 g/mol. The van der Waals surface area contributed by atoms with Crippen LogP contribution in [-0.2, 0) is 0 Å². The predicted octanol–water partition coefficient (Wildman–Crippen LogP) is 11.5. The predicted molar refractivity (Wildman–Crippen MR) is 204 cm³/mol. The van der Waals surface area contributed by atoms with Gasteiger partial charge in [0.15, 0.2) is 17.5 Å². The van der Waals surface area contributed by atoms with E-state index < -0.39 is 0 Å². The molecule has 238 valence electrons. The maximum absolute atomic E-state index is 5.35. The highest BCUT2D eigenvalue weighted by atomic mass is 16.5. The van der Waals surface area contributed by atoms with E-state index in [2.05, 4.69) is 109 Å². The van der Waals surface area contributed by atoms with Crippen LogP contribution in [0.5, 0.6) is 5.75 Å². The van der Waals surface area contributed by atoms with Crippen LogP contribution in [0.3, 0.4) is 0 Å². The van der Waals surface area contributed by atoms with Crippen molar-refractivity contribution in [2.45, 2.75) is 0 Å². The highest BCUT2D eigenvalue weighted by molar-refractivity contribution is 5.80. The fourth-order valence-electron chi connectivity index (χ4n) is 6.19. The second-order valence-electron chi connectivity index (χ2n) is 12.1. The molecule has 0 atom stereocenters. The maximum atomic E-state index is 5.35. The molecular formula is C46H33N3O. The van der Waals surface area contributed by atoms with Gasteiger partial charge in [-0.3, -0.25) is 0 Å². The lowest BCUT2D eigenvalue weighted by Crippen LogP contribution is -2.00. The normalized spacial score (nSPS) is 10.9. The zero-order valence-corrected chi connectivity index (χ0v) is 27.6. The quantitative estimate of drug-likeness (QED) is 0.165. The first-order valence-corrected chi connectivity index (χ1v) is 16.6. The lowest BCUT2D eigenvalue weighted by atomic mass is 9.94. The van der Waals surface area contributed by atoms with Crippen molar-refractivity contribution in [3.8, 4) is 84.4 Å². The van der Waals surface area contributed by atoms with Gasteiger partial charge >= 0.3 is 0 Å². The molecule has 8 rings (SSSR count). The van der Waals surface area contributed by atoms with Crippen molar-refractivity contribution in [1.29, 1.82) is 0 Å². The number of aromatic nitrogens is 3. The number of ether oxygens (including phenoxy) is 1. The van der Waals surface area contributed by atoms with Gasteiger partial charge < -0.3 is 4.74 Å². The molecule has 0 aliphatic carbocycles. The first-order chi connectivity index (χ1) is 24.7. The second kappa shape index (κ2) is 13.8. The van der Waals surface area contributed by atoms with Gasteiger partial charge in [-0.15, -0.1) is 0 Å². The maximum Gasteiger partial charge on any atom is 0.164 e. The number of hydrogen-bond acceptors (Lipinski definition) is 4. The van der Waals surface area contributed by atoms with Gasteiger partial charge in [0.1, 0.15) is 5.75 Å². The number of rotatable bonds is 8. The first kappa shape index (κ1) is 30.7. The first-order valence-electron chi connectivity index (χ1n) is 16.6. The van der Waals surface area contributed by atoms with Crippen molar-refractivity contribution in [2.24, 2.45) is 0 Å². The Morgan fingerprint density at radius 3 is 0.960 bits per heavy atom. The largest absolute Gasteiger partial charge is 0.497 e. The van der Waals surface area contributed by atoms with Crippen molar-refractivity contribution >= 4 is 0 Å². The lowest BCUT2D eigenvalue weighted by molar-refractivity contribution is 0.415. The molecule has 4 nitrogen and oxygen atoms in total. The Morgan fingerprint density at radius 1 is 0.280 bits per heavy atom. The molecular weight excluding hydrogens is 611 g/mol. The summed E-state index contributed by atoms with van der Waals surface area (Å²) in [6.45, 7) is 0. The molecule has 0 bridgehead atoms. The van der Waals surface area contributed by atoms with Crippen molar-refractivity contribution in [3.63, 3.8) is 0 Å². The van der Waals surface area contributed by atoms with Crippen molar-refractivity contribution < 1.29 is 4.74 Å². The molecule has 0 saturated carbocycles. The zero-order chi connectivity index (χ0) is 33.7. The van der Waals surface area contributed by atoms with Crippen LogP contribution in [0.2, 0.25) is 0 Å². The third kappa shape index (κ3) is 6.55. The number of nitrogens with zero attached hydrogens (tertiary/aromatic N) is 3. The molecule has 7 aromatic carbocycles. The fourth-order valence-corrected chi connectivity index (χ4v) is 6.19. The van der Waals surface area contributed by atoms with Gasteiger partial charge in [0.2, 0.25) is 0 Å². The van der Waals surface area contributed by atoms with Crippen LogP contribution >= 0.6 is 0 Å². The summed E-state index contributed by atoms with van der Waals surface area (Å²) in [5.41, 5.74) is 12.0. The van der Waals surface area contributed by atoms with E-state index >= 15 is 0 Å². The molecule has 1 heterocycles. The van der Waals surface area contributed by atoms with E-state index in [1.54, 1.807) is 7.11 Å². The van der Waals surface area contributed by atoms with E-state index in [0.717, 1.165) is 50.3 Å². The molecule has 1 aromatic heterocycles. The van der Waals surface area contributed by atoms with Gasteiger partial charge in [0.25, 0.3) is 0 Å². The van der Waals surface area contributed by atoms with E-state index in [4.69, 9.17) is 19.7 Å². The zero-order valence-electron chi connectivity index (χ0n) is 27.6. The van der Waals surface area contributed by atoms with Gasteiger partial charge in [0.05, 0.1) is 7.11 Å². The van der Waals surface area contributed by atoms with E-state index in [-0.39, 0.29) is 0 Å². The molecule has 0 aliphatic rings. The summed E-state index contributed by atoms with van der Waals surface area (Å²) in [6, 6.07) is 62.9. The molecule has 50 heavy (non-hydrogen) atoms.